The second-order valence-corrected chi connectivity index (χ2v) is 14.9. The summed E-state index contributed by atoms with van der Waals surface area (Å²) < 4.78 is 43.2. The molecule has 0 amide bonds. The van der Waals surface area contributed by atoms with E-state index in [0.717, 1.165) is 0 Å². The smallest absolute Gasteiger partial charge is 0.383 e. The molecule has 0 aliphatic carbocycles. The highest BCUT2D eigenvalue weighted by molar-refractivity contribution is 8.44. The molecule has 0 spiro atoms. The van der Waals surface area contributed by atoms with Crippen molar-refractivity contribution in [2.75, 3.05) is 31.8 Å². The third-order valence-electron chi connectivity index (χ3n) is 6.53. The summed E-state index contributed by atoms with van der Waals surface area (Å²) in [6, 6.07) is 1.71. The number of aryl methyl sites for hydroxylation is 1. The molecule has 5 rings (SSSR count). The van der Waals surface area contributed by atoms with Crippen LogP contribution >= 0.6 is 25.8 Å². The Morgan fingerprint density at radius 3 is 2.64 bits per heavy atom. The minimum atomic E-state index is -4.06. The highest BCUT2D eigenvalue weighted by Gasteiger charge is 2.42. The van der Waals surface area contributed by atoms with E-state index in [9.17, 15) is 14.4 Å². The van der Waals surface area contributed by atoms with Gasteiger partial charge in [0, 0.05) is 26.3 Å². The standard InChI is InChI=1S/C21H29N9O8P2S2/c1-34-12(2-4-29-11-28-16-18(23)25-10-27-20(16)29)7-36-40(33,42)38-15-6-13(8-35-39(31,32)41)37-21(15)30-5-3-14-17(22)24-9-26-19(14)30/h3,5,9-13,15,21H,2,4,6-8H2,1H3,(H,33,42)(H2,22,24,26)(H2,23,25,27)(H2,31,32,41)/t12-,13-,15+,21+,40?/m0/s1. The molecule has 1 saturated heterocycles. The van der Waals surface area contributed by atoms with Crippen LogP contribution in [0, 0.1) is 0 Å². The maximum Gasteiger partial charge on any atom is 0.383 e. The van der Waals surface area contributed by atoms with Gasteiger partial charge in [-0.15, -0.1) is 0 Å². The zero-order valence-corrected chi connectivity index (χ0v) is 25.6. The molecule has 6 N–H and O–H groups in total. The zero-order chi connectivity index (χ0) is 30.1. The van der Waals surface area contributed by atoms with Gasteiger partial charge in [-0.05, 0) is 24.3 Å². The summed E-state index contributed by atoms with van der Waals surface area (Å²) in [5, 5.41) is 0.581. The topological polar surface area (TPSA) is 230 Å². The molecule has 0 bridgehead atoms. The van der Waals surface area contributed by atoms with E-state index in [1.54, 1.807) is 27.7 Å². The number of fused-ring (bicyclic) bond motifs is 2. The fourth-order valence-electron chi connectivity index (χ4n) is 4.53. The third kappa shape index (κ3) is 7.26. The predicted molar refractivity (Wildman–Crippen MR) is 158 cm³/mol. The Hall–Kier alpha value is -2.28. The van der Waals surface area contributed by atoms with Crippen molar-refractivity contribution < 1.29 is 37.4 Å². The summed E-state index contributed by atoms with van der Waals surface area (Å²) >= 11 is 8.87. The van der Waals surface area contributed by atoms with Crippen LogP contribution in [0.3, 0.4) is 0 Å². The predicted octanol–water partition coefficient (Wildman–Crippen LogP) is 1.79. The number of nitrogen functional groups attached to an aromatic ring is 2. The third-order valence-corrected chi connectivity index (χ3v) is 8.95. The van der Waals surface area contributed by atoms with Crippen LogP contribution in [0.5, 0.6) is 0 Å². The Kier molecular flexibility index (Phi) is 9.46. The van der Waals surface area contributed by atoms with Crippen LogP contribution in [-0.4, -0.2) is 82.5 Å². The Balaban J connectivity index is 1.26. The molecule has 21 heteroatoms. The van der Waals surface area contributed by atoms with E-state index in [4.69, 9.17) is 46.3 Å². The summed E-state index contributed by atoms with van der Waals surface area (Å²) in [4.78, 5) is 41.1. The van der Waals surface area contributed by atoms with Crippen LogP contribution in [0.15, 0.2) is 31.2 Å². The lowest BCUT2D eigenvalue weighted by molar-refractivity contribution is -0.0448. The van der Waals surface area contributed by atoms with E-state index in [-0.39, 0.29) is 31.3 Å². The number of ether oxygens (including phenoxy) is 2. The summed E-state index contributed by atoms with van der Waals surface area (Å²) in [7, 11) is 1.51. The van der Waals surface area contributed by atoms with Crippen LogP contribution in [0.1, 0.15) is 19.1 Å². The van der Waals surface area contributed by atoms with E-state index < -0.39 is 38.1 Å². The molecule has 0 saturated carbocycles. The second-order valence-electron chi connectivity index (χ2n) is 9.31. The Morgan fingerprint density at radius 2 is 1.90 bits per heavy atom. The summed E-state index contributed by atoms with van der Waals surface area (Å²) in [6.45, 7) is -7.76. The van der Waals surface area contributed by atoms with Crippen molar-refractivity contribution in [3.8, 4) is 0 Å². The fraction of sp³-hybridized carbons (Fsp3) is 0.476. The number of rotatable bonds is 13. The molecule has 228 valence electrons. The van der Waals surface area contributed by atoms with Crippen molar-refractivity contribution in [2.45, 2.75) is 43.9 Å². The largest absolute Gasteiger partial charge is 0.383 e. The number of imidazole rings is 1. The van der Waals surface area contributed by atoms with Crippen molar-refractivity contribution in [3.05, 3.63) is 31.2 Å². The number of methoxy groups -OCH3 is 1. The Morgan fingerprint density at radius 1 is 1.17 bits per heavy atom. The molecule has 0 aromatic carbocycles. The van der Waals surface area contributed by atoms with Gasteiger partial charge in [-0.2, -0.15) is 0 Å². The minimum absolute atomic E-state index is 0.0671. The molecule has 2 unspecified atom stereocenters. The average molecular weight is 662 g/mol. The molecule has 1 aliphatic heterocycles. The SMILES string of the molecule is CO[C@@H](CCn1cnc2c(N)ncnc21)COP(O)(=S)O[C@@H]1C[C@@H](COP(=O)(O)S)O[C@H]1n1ccc2c(N)ncnc21. The minimum Gasteiger partial charge on any atom is -0.383 e. The lowest BCUT2D eigenvalue weighted by Gasteiger charge is -2.26. The molecular weight excluding hydrogens is 632 g/mol. The highest BCUT2D eigenvalue weighted by Crippen LogP contribution is 2.51. The lowest BCUT2D eigenvalue weighted by Crippen LogP contribution is -2.24. The molecule has 4 aromatic heterocycles. The monoisotopic (exact) mass is 661 g/mol. The molecular formula is C21H29N9O8P2S2. The Labute approximate surface area is 249 Å². The van der Waals surface area contributed by atoms with E-state index in [1.165, 1.54) is 19.8 Å². The molecule has 17 nitrogen and oxygen atoms in total. The van der Waals surface area contributed by atoms with Crippen LogP contribution in [-0.2, 0) is 46.0 Å². The molecule has 5 heterocycles. The fourth-order valence-corrected chi connectivity index (χ4v) is 6.56. The van der Waals surface area contributed by atoms with Crippen LogP contribution in [0.2, 0.25) is 0 Å². The normalized spacial score (nSPS) is 22.8. The summed E-state index contributed by atoms with van der Waals surface area (Å²) in [5.74, 6) is 0.553. The maximum absolute atomic E-state index is 11.6. The molecule has 4 aromatic rings. The van der Waals surface area contributed by atoms with Gasteiger partial charge in [0.15, 0.2) is 17.7 Å². The number of anilines is 2. The number of nitrogens with two attached hydrogens (primary N) is 2. The van der Waals surface area contributed by atoms with Crippen molar-refractivity contribution >= 4 is 71.4 Å². The first kappa shape index (κ1) is 31.2. The van der Waals surface area contributed by atoms with Gasteiger partial charge < -0.3 is 48.9 Å². The first-order valence-electron chi connectivity index (χ1n) is 12.5. The average Bonchev–Trinajstić information content (AvgIpc) is 3.65. The maximum atomic E-state index is 11.6. The van der Waals surface area contributed by atoms with Gasteiger partial charge >= 0.3 is 13.5 Å². The van der Waals surface area contributed by atoms with Crippen LogP contribution in [0.25, 0.3) is 22.2 Å². The first-order chi connectivity index (χ1) is 19.9. The molecule has 6 atom stereocenters. The first-order valence-corrected chi connectivity index (χ1v) is 17.8. The number of hydrogen-bond donors (Lipinski definition) is 5. The Bertz CT molecular complexity index is 1650. The van der Waals surface area contributed by atoms with Gasteiger partial charge in [0.05, 0.1) is 37.1 Å². The summed E-state index contributed by atoms with van der Waals surface area (Å²) in [6.07, 6.45) is 3.71. The van der Waals surface area contributed by atoms with Crippen molar-refractivity contribution in [2.24, 2.45) is 0 Å². The van der Waals surface area contributed by atoms with Crippen LogP contribution in [0.4, 0.5) is 11.6 Å². The zero-order valence-electron chi connectivity index (χ0n) is 22.1. The van der Waals surface area contributed by atoms with Gasteiger partial charge in [0.1, 0.15) is 35.7 Å². The molecule has 0 radical (unpaired) electrons. The van der Waals surface area contributed by atoms with Gasteiger partial charge in [0.25, 0.3) is 0 Å². The van der Waals surface area contributed by atoms with Gasteiger partial charge in [0.2, 0.25) is 0 Å². The molecule has 1 fully saturated rings. The van der Waals surface area contributed by atoms with E-state index in [1.807, 2.05) is 0 Å². The second kappa shape index (κ2) is 12.8. The van der Waals surface area contributed by atoms with Gasteiger partial charge in [-0.1, -0.05) is 12.2 Å². The number of hydrogen-bond acceptors (Lipinski definition) is 14. The quantitative estimate of drug-likeness (QED) is 0.102. The van der Waals surface area contributed by atoms with Crippen molar-refractivity contribution in [3.63, 3.8) is 0 Å². The van der Waals surface area contributed by atoms with E-state index in [2.05, 4.69) is 37.2 Å². The van der Waals surface area contributed by atoms with Gasteiger partial charge in [-0.3, -0.25) is 4.52 Å². The summed E-state index contributed by atoms with van der Waals surface area (Å²) in [5.41, 5.74) is 13.4. The highest BCUT2D eigenvalue weighted by atomic mass is 32.7. The lowest BCUT2D eigenvalue weighted by atomic mass is 10.2. The van der Waals surface area contributed by atoms with E-state index >= 15 is 0 Å². The number of thiol groups is 1. The van der Waals surface area contributed by atoms with Crippen molar-refractivity contribution in [1.29, 1.82) is 0 Å². The van der Waals surface area contributed by atoms with Gasteiger partial charge in [-0.25, -0.2) is 29.5 Å². The van der Waals surface area contributed by atoms with Crippen molar-refractivity contribution in [1.82, 2.24) is 34.1 Å². The number of aromatic nitrogens is 7. The molecule has 1 aliphatic rings. The number of nitrogens with zero attached hydrogens (tertiary/aromatic N) is 7. The van der Waals surface area contributed by atoms with E-state index in [0.29, 0.717) is 35.2 Å². The van der Waals surface area contributed by atoms with Crippen LogP contribution < -0.4 is 11.5 Å². The molecule has 42 heavy (non-hydrogen) atoms.